The molecule has 7 N–H and O–H groups in total. The number of allylic oxidation sites excluding steroid dienone is 1. The summed E-state index contributed by atoms with van der Waals surface area (Å²) in [6.07, 6.45) is 32.2. The van der Waals surface area contributed by atoms with Gasteiger partial charge in [-0.2, -0.15) is 0 Å². The Morgan fingerprint density at radius 1 is 0.648 bits per heavy atom. The summed E-state index contributed by atoms with van der Waals surface area (Å²) in [5.41, 5.74) is 17.9. The quantitative estimate of drug-likeness (QED) is 0.0590. The third-order valence-electron chi connectivity index (χ3n) is 14.5. The van der Waals surface area contributed by atoms with Crippen LogP contribution in [0.4, 0.5) is 5.82 Å². The molecule has 5 aromatic heterocycles. The van der Waals surface area contributed by atoms with Crippen molar-refractivity contribution in [3.63, 3.8) is 0 Å². The second-order valence-electron chi connectivity index (χ2n) is 19.4. The maximum absolute atomic E-state index is 10.2. The number of likely N-dealkylation sites (tertiary alicyclic amines) is 1. The van der Waals surface area contributed by atoms with Crippen molar-refractivity contribution in [1.82, 2.24) is 74.8 Å². The van der Waals surface area contributed by atoms with Crippen molar-refractivity contribution in [1.29, 1.82) is 0 Å². The first-order valence-electron chi connectivity index (χ1n) is 25.1. The van der Waals surface area contributed by atoms with Crippen molar-refractivity contribution >= 4 is 11.4 Å². The van der Waals surface area contributed by atoms with Crippen molar-refractivity contribution in [2.75, 3.05) is 25.4 Å². The topological polar surface area (TPSA) is 340 Å². The Morgan fingerprint density at radius 2 is 1.18 bits per heavy atom. The van der Waals surface area contributed by atoms with E-state index in [2.05, 4.69) is 72.2 Å². The van der Waals surface area contributed by atoms with E-state index in [-0.39, 0.29) is 54.6 Å². The van der Waals surface area contributed by atoms with E-state index >= 15 is 0 Å². The Bertz CT molecular complexity index is 2370. The standard InChI is InChI=1S/C14H17N7O.C8H13N3O.2C7H11N3O.C5H9N3O.C5H8O/c15-14-10-2-1-9(13(10)16-8-17-14)5-20-6-11(12(22)7-20)21-4-3-18-19-21;1-6-5-11(10-9-6)7-3-2-4-8(7)12;2*11-7-3-1-2-6(7)10-5-4-8-9-10;6-8-7-4-2-1-3-5(4)9;1-2-4-5(3-1)6-4/h1,3-4,8,11-12,22H,2,5-7H2,(H2,15,16,17);5,7-8,12H,2-4H2,1H3;2*4-7,11H,1-3H2;4-5,9H,1-3H2;4-5H,1-3H2/t11-,12-;7-,8-;2*6-,7-;4-,5-;/m00000./s1. The first kappa shape index (κ1) is 51.6. The Morgan fingerprint density at radius 3 is 1.62 bits per heavy atom. The van der Waals surface area contributed by atoms with Gasteiger partial charge in [0.1, 0.15) is 12.1 Å². The number of epoxide rings is 1. The molecule has 0 aromatic carbocycles. The van der Waals surface area contributed by atoms with Crippen molar-refractivity contribution in [3.05, 3.63) is 83.2 Å². The smallest absolute Gasteiger partial charge is 0.130 e. The summed E-state index contributed by atoms with van der Waals surface area (Å²) < 4.78 is 12.2. The van der Waals surface area contributed by atoms with Crippen molar-refractivity contribution in [3.8, 4) is 0 Å². The molecule has 0 spiro atoms. The molecular weight excluding hydrogens is 915 g/mol. The molecule has 0 bridgehead atoms. The van der Waals surface area contributed by atoms with Gasteiger partial charge in [-0.1, -0.05) is 38.5 Å². The molecule has 2 aliphatic heterocycles. The molecule has 12 atom stereocenters. The highest BCUT2D eigenvalue weighted by molar-refractivity contribution is 5.74. The van der Waals surface area contributed by atoms with Gasteiger partial charge in [-0.25, -0.2) is 28.7 Å². The Hall–Kier alpha value is -5.79. The summed E-state index contributed by atoms with van der Waals surface area (Å²) in [4.78, 5) is 13.2. The van der Waals surface area contributed by atoms with Crippen molar-refractivity contribution in [2.45, 2.75) is 183 Å². The molecule has 7 heterocycles. The number of fused-ring (bicyclic) bond motifs is 2. The number of nitrogen functional groups attached to an aromatic ring is 1. The van der Waals surface area contributed by atoms with Crippen LogP contribution in [-0.2, 0) is 11.2 Å². The average molecular weight is 984 g/mol. The van der Waals surface area contributed by atoms with Crippen LogP contribution in [0.2, 0.25) is 0 Å². The third-order valence-corrected chi connectivity index (χ3v) is 14.5. The normalized spacial score (nSPS) is 30.9. The zero-order valence-electron chi connectivity index (χ0n) is 40.3. The molecule has 71 heavy (non-hydrogen) atoms. The first-order valence-corrected chi connectivity index (χ1v) is 25.1. The lowest BCUT2D eigenvalue weighted by molar-refractivity contribution is 0.129. The van der Waals surface area contributed by atoms with Crippen LogP contribution in [0.5, 0.6) is 0 Å². The molecule has 0 amide bonds. The number of nitrogens with two attached hydrogens (primary N) is 1. The molecule has 25 heteroatoms. The molecule has 5 aromatic rings. The molecule has 8 aliphatic rings. The highest BCUT2D eigenvalue weighted by atomic mass is 16.6. The van der Waals surface area contributed by atoms with Gasteiger partial charge in [0.05, 0.1) is 103 Å². The minimum atomic E-state index is -0.446. The van der Waals surface area contributed by atoms with E-state index in [1.165, 1.54) is 25.6 Å². The summed E-state index contributed by atoms with van der Waals surface area (Å²) in [6.45, 7) is 3.99. The van der Waals surface area contributed by atoms with E-state index in [0.717, 1.165) is 119 Å². The van der Waals surface area contributed by atoms with Gasteiger partial charge < -0.3 is 36.0 Å². The van der Waals surface area contributed by atoms with Gasteiger partial charge in [0, 0.05) is 54.9 Å². The number of hydrogen-bond donors (Lipinski definition) is 6. The maximum atomic E-state index is 10.2. The fraction of sp³-hybridized carbons (Fsp3) is 0.696. The average Bonchev–Trinajstić information content (AvgIpc) is 4.20. The Kier molecular flexibility index (Phi) is 18.2. The van der Waals surface area contributed by atoms with Gasteiger partial charge in [0.2, 0.25) is 0 Å². The SMILES string of the molecule is C1CC2OC2C1.Cc1cn([C@H]2CCC[C@@H]2O)nn1.Nc1ncnc2c1CC=C2CN1C[C@H](O)[C@@H](n2ccnn2)C1.O[C@H]1CCC[C@@H]1n1ccnn1.O[C@H]1CCC[C@@H]1n1ccnn1.[N-]=[N+]=N[C@H]1CCC[C@@H]1O. The van der Waals surface area contributed by atoms with Gasteiger partial charge in [0.15, 0.2) is 0 Å². The molecule has 25 nitrogen and oxygen atoms in total. The van der Waals surface area contributed by atoms with Crippen LogP contribution in [-0.4, -0.2) is 169 Å². The van der Waals surface area contributed by atoms with Crippen LogP contribution in [0.1, 0.15) is 137 Å². The zero-order valence-corrected chi connectivity index (χ0v) is 40.3. The number of ether oxygens (including phenoxy) is 1. The lowest BCUT2D eigenvalue weighted by Gasteiger charge is -2.16. The summed E-state index contributed by atoms with van der Waals surface area (Å²) in [6, 6.07) is 0.274. The van der Waals surface area contributed by atoms with Crippen LogP contribution < -0.4 is 5.73 Å². The molecule has 6 aliphatic carbocycles. The number of hydrogen-bond acceptors (Lipinski definition) is 19. The number of aromatic nitrogens is 14. The molecular formula is C46H69N19O6. The lowest BCUT2D eigenvalue weighted by Crippen LogP contribution is -2.24. The number of aliphatic hydroxyl groups is 5. The molecule has 0 radical (unpaired) electrons. The molecule has 5 saturated carbocycles. The fourth-order valence-electron chi connectivity index (χ4n) is 10.6. The van der Waals surface area contributed by atoms with Crippen LogP contribution >= 0.6 is 0 Å². The number of anilines is 1. The van der Waals surface area contributed by atoms with E-state index in [4.69, 9.17) is 21.1 Å². The number of β-amino-alcohol motifs (C(OH)–C–C–N with tert-alkyl or cyclic N) is 1. The predicted octanol–water partition coefficient (Wildman–Crippen LogP) is 3.06. The van der Waals surface area contributed by atoms with Gasteiger partial charge >= 0.3 is 0 Å². The monoisotopic (exact) mass is 984 g/mol. The maximum Gasteiger partial charge on any atom is 0.130 e. The van der Waals surface area contributed by atoms with Gasteiger partial charge in [-0.05, 0) is 114 Å². The minimum Gasteiger partial charge on any atom is -0.393 e. The third kappa shape index (κ3) is 13.8. The highest BCUT2D eigenvalue weighted by Crippen LogP contribution is 2.38. The number of aryl methyl sites for hydroxylation is 1. The zero-order chi connectivity index (χ0) is 49.7. The second kappa shape index (κ2) is 25.0. The number of nitrogens with zero attached hydrogens (tertiary/aromatic N) is 18. The van der Waals surface area contributed by atoms with Gasteiger partial charge in [0.25, 0.3) is 0 Å². The molecule has 2 unspecified atom stereocenters. The summed E-state index contributed by atoms with van der Waals surface area (Å²) >= 11 is 0. The minimum absolute atomic E-state index is 0.0561. The van der Waals surface area contributed by atoms with Crippen LogP contribution in [0.3, 0.4) is 0 Å². The predicted molar refractivity (Wildman–Crippen MR) is 256 cm³/mol. The van der Waals surface area contributed by atoms with Crippen molar-refractivity contribution in [2.24, 2.45) is 5.11 Å². The van der Waals surface area contributed by atoms with Gasteiger partial charge in [-0.15, -0.1) is 20.4 Å². The molecule has 384 valence electrons. The van der Waals surface area contributed by atoms with E-state index in [0.29, 0.717) is 24.6 Å². The Balaban J connectivity index is 0.000000120. The number of rotatable bonds is 7. The van der Waals surface area contributed by atoms with Crippen LogP contribution in [0.25, 0.3) is 16.0 Å². The Labute approximate surface area is 411 Å². The van der Waals surface area contributed by atoms with E-state index in [9.17, 15) is 20.4 Å². The summed E-state index contributed by atoms with van der Waals surface area (Å²) in [5.74, 6) is 0.554. The number of azide groups is 1. The fourth-order valence-corrected chi connectivity index (χ4v) is 10.6. The molecule has 2 saturated heterocycles. The van der Waals surface area contributed by atoms with Crippen LogP contribution in [0.15, 0.2) is 60.9 Å². The first-order chi connectivity index (χ1) is 34.6. The van der Waals surface area contributed by atoms with E-state index < -0.39 is 6.10 Å². The molecule has 7 fully saturated rings. The largest absolute Gasteiger partial charge is 0.393 e. The van der Waals surface area contributed by atoms with Gasteiger partial charge in [-0.3, -0.25) is 4.90 Å². The highest BCUT2D eigenvalue weighted by Gasteiger charge is 2.42. The van der Waals surface area contributed by atoms with Crippen LogP contribution in [0, 0.1) is 6.92 Å². The molecule has 13 rings (SSSR count). The van der Waals surface area contributed by atoms with Crippen molar-refractivity contribution < 1.29 is 30.3 Å². The lowest BCUT2D eigenvalue weighted by atomic mass is 10.2. The second-order valence-corrected chi connectivity index (χ2v) is 19.4. The number of aliphatic hydroxyl groups excluding tert-OH is 5. The van der Waals surface area contributed by atoms with E-state index in [1.807, 2.05) is 13.1 Å². The van der Waals surface area contributed by atoms with E-state index in [1.54, 1.807) is 55.9 Å². The summed E-state index contributed by atoms with van der Waals surface area (Å²) in [5, 5.41) is 82.0. The summed E-state index contributed by atoms with van der Waals surface area (Å²) in [7, 11) is 0.